The molecule has 0 radical (unpaired) electrons. The monoisotopic (exact) mass is 847 g/mol. The van der Waals surface area contributed by atoms with Crippen LogP contribution in [-0.4, -0.2) is 126 Å². The van der Waals surface area contributed by atoms with E-state index >= 15 is 0 Å². The second kappa shape index (κ2) is 19.2. The molecule has 60 heavy (non-hydrogen) atoms. The van der Waals surface area contributed by atoms with Crippen LogP contribution in [-0.2, 0) is 39.7 Å². The molecule has 328 valence electrons. The quantitative estimate of drug-likeness (QED) is 0.163. The molecule has 13 heteroatoms. The second-order valence-corrected chi connectivity index (χ2v) is 18.8. The number of hydrogen-bond acceptors (Lipinski definition) is 12. The summed E-state index contributed by atoms with van der Waals surface area (Å²) >= 11 is 1.72. The number of esters is 1. The molecule has 4 aliphatic rings. The van der Waals surface area contributed by atoms with Crippen LogP contribution in [0.3, 0.4) is 0 Å². The maximum atomic E-state index is 14.6. The Bertz CT molecular complexity index is 1910. The molecule has 1 aromatic carbocycles. The summed E-state index contributed by atoms with van der Waals surface area (Å²) in [5.74, 6) is 2.79. The fourth-order valence-electron chi connectivity index (χ4n) is 10.1. The minimum atomic E-state index is -1.21. The van der Waals surface area contributed by atoms with E-state index in [-0.39, 0.29) is 30.6 Å². The number of ketones is 1. The van der Waals surface area contributed by atoms with Gasteiger partial charge in [0.05, 0.1) is 30.4 Å². The van der Waals surface area contributed by atoms with Crippen molar-refractivity contribution in [2.45, 2.75) is 141 Å². The van der Waals surface area contributed by atoms with E-state index in [2.05, 4.69) is 67.5 Å². The SMILES string of the molecule is CC[C@H]1OC(=O)[C@H](C)C(=O)[C@H](C)[C@@H](O[C@@H]2O[C@H](C)C[C@H](N(C)C)[C@H]2O)[C@@](C)(OCC#CCCc2ccc(-c3cccs3)cc2)C[C@@H](C)C2=NCCN3C(=O)O[C@@]1(C)[C@H]3[C@H]2C. The molecule has 3 fully saturated rings. The molecule has 1 amide bonds. The largest absolute Gasteiger partial charge is 0.458 e. The molecule has 2 aromatic rings. The highest BCUT2D eigenvalue weighted by atomic mass is 32.1. The lowest BCUT2D eigenvalue weighted by Crippen LogP contribution is -2.60. The average Bonchev–Trinajstić information content (AvgIpc) is 3.79. The average molecular weight is 848 g/mol. The number of carbonyl (C=O) groups is 3. The van der Waals surface area contributed by atoms with Gasteiger partial charge in [-0.2, -0.15) is 0 Å². The van der Waals surface area contributed by atoms with Crippen molar-refractivity contribution < 1.29 is 43.2 Å². The molecule has 12 nitrogen and oxygen atoms in total. The second-order valence-electron chi connectivity index (χ2n) is 17.9. The third kappa shape index (κ3) is 9.54. The highest BCUT2D eigenvalue weighted by molar-refractivity contribution is 7.13. The first-order valence-corrected chi connectivity index (χ1v) is 22.5. The maximum Gasteiger partial charge on any atom is 0.410 e. The Morgan fingerprint density at radius 2 is 1.77 bits per heavy atom. The van der Waals surface area contributed by atoms with Crippen LogP contribution in [0, 0.1) is 35.5 Å². The zero-order valence-corrected chi connectivity index (χ0v) is 37.8. The van der Waals surface area contributed by atoms with E-state index in [1.807, 2.05) is 46.7 Å². The van der Waals surface area contributed by atoms with E-state index in [9.17, 15) is 19.5 Å². The Morgan fingerprint density at radius 1 is 1.03 bits per heavy atom. The van der Waals surface area contributed by atoms with E-state index in [4.69, 9.17) is 28.7 Å². The highest BCUT2D eigenvalue weighted by Gasteiger charge is 2.60. The van der Waals surface area contributed by atoms with Gasteiger partial charge in [-0.15, -0.1) is 17.3 Å². The molecule has 4 aliphatic heterocycles. The molecule has 1 aromatic heterocycles. The van der Waals surface area contributed by atoms with Crippen LogP contribution in [0.2, 0.25) is 0 Å². The summed E-state index contributed by atoms with van der Waals surface area (Å²) in [6, 6.07) is 12.0. The van der Waals surface area contributed by atoms with Crippen LogP contribution >= 0.6 is 11.3 Å². The Morgan fingerprint density at radius 3 is 2.43 bits per heavy atom. The molecule has 6 rings (SSSR count). The van der Waals surface area contributed by atoms with Crippen LogP contribution in [0.5, 0.6) is 0 Å². The van der Waals surface area contributed by atoms with Crippen LogP contribution in [0.15, 0.2) is 46.8 Å². The molecular formula is C47H65N3O9S. The lowest BCUT2D eigenvalue weighted by Gasteiger charge is -2.47. The summed E-state index contributed by atoms with van der Waals surface area (Å²) in [6.07, 6.45) is -1.93. The number of aryl methyl sites for hydroxylation is 1. The van der Waals surface area contributed by atoms with Crippen molar-refractivity contribution in [1.29, 1.82) is 0 Å². The number of benzene rings is 1. The van der Waals surface area contributed by atoms with Gasteiger partial charge in [0.25, 0.3) is 0 Å². The van der Waals surface area contributed by atoms with Crippen molar-refractivity contribution in [2.75, 3.05) is 33.8 Å². The highest BCUT2D eigenvalue weighted by Crippen LogP contribution is 2.44. The standard InChI is InChI=1S/C47H65N3O9S/c1-11-37-47(8)41-30(4)38(48-22-23-50(41)45(54)59-47)28(2)27-46(7,55-24-14-12-13-16-33-18-20-34(21-19-33)36-17-15-25-60-36)42(31(5)39(51)32(6)43(53)57-37)58-44-40(52)35(49(9)10)26-29(3)56-44/h15,17-21,25,28-32,35,37,40-42,44,52H,11,13,16,22-24,26-27H2,1-10H3/t28-,29-,30+,31+,32-,35+,37-,40-,41-,42-,44+,46+,47-/m1/s1. The topological polar surface area (TPSA) is 136 Å². The Labute approximate surface area is 360 Å². The maximum absolute atomic E-state index is 14.6. The zero-order valence-electron chi connectivity index (χ0n) is 37.0. The molecule has 0 unspecified atom stereocenters. The van der Waals surface area contributed by atoms with E-state index in [1.54, 1.807) is 30.1 Å². The molecule has 13 atom stereocenters. The van der Waals surface area contributed by atoms with Gasteiger partial charge in [-0.25, -0.2) is 4.79 Å². The Balaban J connectivity index is 1.34. The number of hydrogen-bond donors (Lipinski definition) is 1. The van der Waals surface area contributed by atoms with Crippen LogP contribution in [0.1, 0.15) is 86.6 Å². The van der Waals surface area contributed by atoms with Gasteiger partial charge in [0.2, 0.25) is 0 Å². The van der Waals surface area contributed by atoms with E-state index in [0.29, 0.717) is 38.8 Å². The number of carbonyl (C=O) groups excluding carboxylic acids is 3. The number of aliphatic hydroxyl groups excluding tert-OH is 1. The summed E-state index contributed by atoms with van der Waals surface area (Å²) < 4.78 is 32.3. The molecule has 0 spiro atoms. The van der Waals surface area contributed by atoms with Crippen molar-refractivity contribution in [3.8, 4) is 22.3 Å². The molecule has 1 N–H and O–H groups in total. The summed E-state index contributed by atoms with van der Waals surface area (Å²) in [6.45, 7) is 15.8. The Hall–Kier alpha value is -3.64. The number of aliphatic imine (C=N–C) groups is 1. The van der Waals surface area contributed by atoms with Crippen molar-refractivity contribution in [1.82, 2.24) is 9.80 Å². The van der Waals surface area contributed by atoms with Crippen LogP contribution in [0.25, 0.3) is 10.4 Å². The number of fused-ring (bicyclic) bond motifs is 1. The number of Topliss-reactive ketones (excluding diaryl/α,β-unsaturated/α-hetero) is 1. The first-order chi connectivity index (χ1) is 28.5. The smallest absolute Gasteiger partial charge is 0.410 e. The predicted octanol–water partition coefficient (Wildman–Crippen LogP) is 6.81. The fourth-order valence-corrected chi connectivity index (χ4v) is 10.8. The van der Waals surface area contributed by atoms with Gasteiger partial charge >= 0.3 is 12.1 Å². The summed E-state index contributed by atoms with van der Waals surface area (Å²) in [5, 5.41) is 13.8. The third-order valence-electron chi connectivity index (χ3n) is 13.3. The van der Waals surface area contributed by atoms with E-state index < -0.39 is 71.5 Å². The van der Waals surface area contributed by atoms with Gasteiger partial charge in [0, 0.05) is 41.4 Å². The first kappa shape index (κ1) is 45.9. The minimum Gasteiger partial charge on any atom is -0.458 e. The number of cyclic esters (lactones) is 1. The number of thiophene rings is 1. The van der Waals surface area contributed by atoms with Crippen molar-refractivity contribution >= 4 is 34.9 Å². The number of likely N-dealkylation sites (N-methyl/N-ethyl adjacent to an activating group) is 1. The zero-order chi connectivity index (χ0) is 43.5. The van der Waals surface area contributed by atoms with Gasteiger partial charge in [0.1, 0.15) is 24.7 Å². The lowest BCUT2D eigenvalue weighted by atomic mass is 9.73. The third-order valence-corrected chi connectivity index (χ3v) is 14.2. The molecule has 0 saturated carbocycles. The number of ether oxygens (including phenoxy) is 5. The molecule has 3 saturated heterocycles. The summed E-state index contributed by atoms with van der Waals surface area (Å²) in [5.41, 5.74) is 0.855. The van der Waals surface area contributed by atoms with Gasteiger partial charge in [0.15, 0.2) is 17.7 Å². The minimum absolute atomic E-state index is 0.0424. The van der Waals surface area contributed by atoms with Gasteiger partial charge in [-0.05, 0) is 96.0 Å². The lowest BCUT2D eigenvalue weighted by molar-refractivity contribution is -0.296. The van der Waals surface area contributed by atoms with Crippen LogP contribution in [0.4, 0.5) is 4.79 Å². The molecule has 2 bridgehead atoms. The van der Waals surface area contributed by atoms with Crippen LogP contribution < -0.4 is 0 Å². The van der Waals surface area contributed by atoms with Gasteiger partial charge in [-0.1, -0.05) is 63.9 Å². The summed E-state index contributed by atoms with van der Waals surface area (Å²) in [4.78, 5) is 52.1. The van der Waals surface area contributed by atoms with Crippen molar-refractivity contribution in [3.05, 3.63) is 47.3 Å². The predicted molar refractivity (Wildman–Crippen MR) is 232 cm³/mol. The number of aliphatic hydroxyl groups is 1. The Kier molecular flexibility index (Phi) is 14.7. The van der Waals surface area contributed by atoms with Gasteiger partial charge < -0.3 is 33.7 Å². The number of amides is 1. The van der Waals surface area contributed by atoms with Gasteiger partial charge in [-0.3, -0.25) is 19.5 Å². The number of nitrogens with zero attached hydrogens (tertiary/aromatic N) is 3. The normalized spacial score (nSPS) is 36.4. The molecule has 5 heterocycles. The fraction of sp³-hybridized carbons (Fsp3) is 0.660. The van der Waals surface area contributed by atoms with E-state index in [0.717, 1.165) is 12.1 Å². The first-order valence-electron chi connectivity index (χ1n) is 21.6. The van der Waals surface area contributed by atoms with Crippen molar-refractivity contribution in [3.63, 3.8) is 0 Å². The molecule has 0 aliphatic carbocycles. The molecular weight excluding hydrogens is 783 g/mol. The number of rotatable bonds is 9. The summed E-state index contributed by atoms with van der Waals surface area (Å²) in [7, 11) is 3.82. The van der Waals surface area contributed by atoms with Crippen molar-refractivity contribution in [2.24, 2.45) is 28.7 Å². The van der Waals surface area contributed by atoms with E-state index in [1.165, 1.54) is 16.0 Å².